The number of rotatable bonds is 7. The Labute approximate surface area is 188 Å². The first-order chi connectivity index (χ1) is 14.9. The van der Waals surface area contributed by atoms with E-state index in [-0.39, 0.29) is 16.6 Å². The maximum absolute atomic E-state index is 12.8. The molecule has 3 aromatic carbocycles. The molecule has 1 amide bonds. The summed E-state index contributed by atoms with van der Waals surface area (Å²) in [7, 11) is -6.94. The number of aryl methyl sites for hydroxylation is 2. The Balaban J connectivity index is 1.71. The first-order valence-corrected chi connectivity index (χ1v) is 13.3. The summed E-state index contributed by atoms with van der Waals surface area (Å²) in [4.78, 5) is 12.5. The van der Waals surface area contributed by atoms with Gasteiger partial charge in [-0.1, -0.05) is 30.3 Å². The van der Waals surface area contributed by atoms with Crippen LogP contribution in [-0.4, -0.2) is 29.0 Å². The van der Waals surface area contributed by atoms with Gasteiger partial charge in [0.15, 0.2) is 9.84 Å². The van der Waals surface area contributed by atoms with Crippen LogP contribution in [0.4, 0.5) is 11.4 Å². The van der Waals surface area contributed by atoms with Gasteiger partial charge in [0, 0.05) is 17.5 Å². The van der Waals surface area contributed by atoms with Crippen molar-refractivity contribution in [3.8, 4) is 0 Å². The molecule has 0 bridgehead atoms. The molecule has 3 rings (SSSR count). The Kier molecular flexibility index (Phi) is 6.71. The molecule has 2 N–H and O–H groups in total. The third-order valence-corrected chi connectivity index (χ3v) is 7.01. The van der Waals surface area contributed by atoms with E-state index < -0.39 is 19.9 Å². The van der Waals surface area contributed by atoms with E-state index in [1.807, 2.05) is 32.0 Å². The second-order valence-corrected chi connectivity index (χ2v) is 11.4. The van der Waals surface area contributed by atoms with Gasteiger partial charge in [0.1, 0.15) is 0 Å². The standard InChI is InChI=1S/C23H24N2O5S2/c1-16-5-4-6-17(2)22(16)25-32(29,30)21-13-11-20(12-14-21)24-23(26)19-9-7-18(8-10-19)15-31(3,27)28/h4-14,25H,15H2,1-3H3,(H,24,26). The molecular formula is C23H24N2O5S2. The Hall–Kier alpha value is -3.17. The fraction of sp³-hybridized carbons (Fsp3) is 0.174. The van der Waals surface area contributed by atoms with E-state index in [1.165, 1.54) is 24.3 Å². The summed E-state index contributed by atoms with van der Waals surface area (Å²) in [5.74, 6) is -0.485. The van der Waals surface area contributed by atoms with Crippen molar-refractivity contribution >= 4 is 37.1 Å². The van der Waals surface area contributed by atoms with Crippen LogP contribution in [0.2, 0.25) is 0 Å². The fourth-order valence-electron chi connectivity index (χ4n) is 3.14. The minimum absolute atomic E-state index is 0.0725. The summed E-state index contributed by atoms with van der Waals surface area (Å²) in [6, 6.07) is 17.6. The van der Waals surface area contributed by atoms with Crippen LogP contribution in [-0.2, 0) is 25.6 Å². The highest BCUT2D eigenvalue weighted by atomic mass is 32.2. The lowest BCUT2D eigenvalue weighted by Gasteiger charge is -2.13. The first-order valence-electron chi connectivity index (χ1n) is 9.72. The van der Waals surface area contributed by atoms with Crippen molar-refractivity contribution < 1.29 is 21.6 Å². The second-order valence-electron chi connectivity index (χ2n) is 7.62. The van der Waals surface area contributed by atoms with Crippen molar-refractivity contribution in [2.75, 3.05) is 16.3 Å². The molecule has 0 atom stereocenters. The third kappa shape index (κ3) is 5.95. The number of nitrogens with one attached hydrogen (secondary N) is 2. The average Bonchev–Trinajstić information content (AvgIpc) is 2.70. The van der Waals surface area contributed by atoms with Crippen molar-refractivity contribution in [3.05, 3.63) is 89.0 Å². The second kappa shape index (κ2) is 9.13. The van der Waals surface area contributed by atoms with Crippen LogP contribution in [0, 0.1) is 13.8 Å². The Morgan fingerprint density at radius 3 is 1.91 bits per heavy atom. The van der Waals surface area contributed by atoms with E-state index in [0.29, 0.717) is 22.5 Å². The minimum Gasteiger partial charge on any atom is -0.322 e. The molecule has 0 aliphatic carbocycles. The number of para-hydroxylation sites is 1. The number of hydrogen-bond donors (Lipinski definition) is 2. The van der Waals surface area contributed by atoms with Crippen LogP contribution in [0.15, 0.2) is 71.6 Å². The summed E-state index contributed by atoms with van der Waals surface area (Å²) in [5, 5.41) is 2.70. The van der Waals surface area contributed by atoms with Crippen molar-refractivity contribution in [3.63, 3.8) is 0 Å². The Morgan fingerprint density at radius 1 is 0.812 bits per heavy atom. The van der Waals surface area contributed by atoms with Gasteiger partial charge in [-0.3, -0.25) is 9.52 Å². The fourth-order valence-corrected chi connectivity index (χ4v) is 5.15. The number of carbonyl (C=O) groups excluding carboxylic acids is 1. The molecule has 0 heterocycles. The van der Waals surface area contributed by atoms with Gasteiger partial charge in [-0.15, -0.1) is 0 Å². The van der Waals surface area contributed by atoms with E-state index in [4.69, 9.17) is 0 Å². The third-order valence-electron chi connectivity index (χ3n) is 4.79. The number of hydrogen-bond acceptors (Lipinski definition) is 5. The summed E-state index contributed by atoms with van der Waals surface area (Å²) in [6.07, 6.45) is 1.15. The van der Waals surface area contributed by atoms with Gasteiger partial charge in [-0.2, -0.15) is 0 Å². The lowest BCUT2D eigenvalue weighted by Crippen LogP contribution is -2.15. The van der Waals surface area contributed by atoms with Crippen LogP contribution >= 0.6 is 0 Å². The predicted molar refractivity (Wildman–Crippen MR) is 126 cm³/mol. The lowest BCUT2D eigenvalue weighted by molar-refractivity contribution is 0.102. The van der Waals surface area contributed by atoms with Crippen molar-refractivity contribution in [2.24, 2.45) is 0 Å². The van der Waals surface area contributed by atoms with Crippen LogP contribution in [0.3, 0.4) is 0 Å². The summed E-state index contributed by atoms with van der Waals surface area (Å²) in [5.41, 5.74) is 3.57. The number of amides is 1. The topological polar surface area (TPSA) is 109 Å². The lowest BCUT2D eigenvalue weighted by atomic mass is 10.1. The normalized spacial score (nSPS) is 11.7. The summed E-state index contributed by atoms with van der Waals surface area (Å²) in [6.45, 7) is 3.66. The van der Waals surface area contributed by atoms with Gasteiger partial charge in [0.2, 0.25) is 0 Å². The number of sulfonamides is 1. The molecule has 0 fully saturated rings. The highest BCUT2D eigenvalue weighted by molar-refractivity contribution is 7.92. The van der Waals surface area contributed by atoms with Gasteiger partial charge in [0.25, 0.3) is 15.9 Å². The Morgan fingerprint density at radius 2 is 1.38 bits per heavy atom. The van der Waals surface area contributed by atoms with E-state index in [1.54, 1.807) is 24.3 Å². The molecule has 0 aliphatic heterocycles. The van der Waals surface area contributed by atoms with Gasteiger partial charge < -0.3 is 5.32 Å². The zero-order valence-corrected chi connectivity index (χ0v) is 19.5. The SMILES string of the molecule is Cc1cccc(C)c1NS(=O)(=O)c1ccc(NC(=O)c2ccc(CS(C)(=O)=O)cc2)cc1. The first kappa shape index (κ1) is 23.5. The molecular weight excluding hydrogens is 448 g/mol. The van der Waals surface area contributed by atoms with E-state index in [9.17, 15) is 21.6 Å². The molecule has 0 aliphatic rings. The molecule has 9 heteroatoms. The molecule has 0 saturated heterocycles. The number of carbonyl (C=O) groups is 1. The van der Waals surface area contributed by atoms with Crippen molar-refractivity contribution in [2.45, 2.75) is 24.5 Å². The van der Waals surface area contributed by atoms with Crippen LogP contribution < -0.4 is 10.0 Å². The Bertz CT molecular complexity index is 1330. The van der Waals surface area contributed by atoms with Crippen molar-refractivity contribution in [1.82, 2.24) is 0 Å². The molecule has 0 spiro atoms. The smallest absolute Gasteiger partial charge is 0.261 e. The summed E-state index contributed by atoms with van der Waals surface area (Å²) >= 11 is 0. The largest absolute Gasteiger partial charge is 0.322 e. The van der Waals surface area contributed by atoms with E-state index in [0.717, 1.165) is 17.4 Å². The van der Waals surface area contributed by atoms with Gasteiger partial charge >= 0.3 is 0 Å². The maximum atomic E-state index is 12.8. The van der Waals surface area contributed by atoms with Crippen LogP contribution in [0.25, 0.3) is 0 Å². The summed E-state index contributed by atoms with van der Waals surface area (Å²) < 4.78 is 50.9. The highest BCUT2D eigenvalue weighted by Crippen LogP contribution is 2.24. The van der Waals surface area contributed by atoms with E-state index in [2.05, 4.69) is 10.0 Å². The van der Waals surface area contributed by atoms with Gasteiger partial charge in [-0.05, 0) is 66.9 Å². The molecule has 3 aromatic rings. The van der Waals surface area contributed by atoms with Crippen LogP contribution in [0.5, 0.6) is 0 Å². The molecule has 0 unspecified atom stereocenters. The number of sulfone groups is 1. The number of anilines is 2. The molecule has 0 saturated carbocycles. The molecule has 32 heavy (non-hydrogen) atoms. The zero-order chi connectivity index (χ0) is 23.5. The molecule has 0 aromatic heterocycles. The van der Waals surface area contributed by atoms with Gasteiger partial charge in [0.05, 0.1) is 16.3 Å². The monoisotopic (exact) mass is 472 g/mol. The molecule has 0 radical (unpaired) electrons. The quantitative estimate of drug-likeness (QED) is 0.542. The highest BCUT2D eigenvalue weighted by Gasteiger charge is 2.17. The van der Waals surface area contributed by atoms with Crippen LogP contribution in [0.1, 0.15) is 27.0 Å². The van der Waals surface area contributed by atoms with Crippen molar-refractivity contribution in [1.29, 1.82) is 0 Å². The zero-order valence-electron chi connectivity index (χ0n) is 17.9. The van der Waals surface area contributed by atoms with E-state index >= 15 is 0 Å². The van der Waals surface area contributed by atoms with Gasteiger partial charge in [-0.25, -0.2) is 16.8 Å². The molecule has 7 nitrogen and oxygen atoms in total. The average molecular weight is 473 g/mol. The minimum atomic E-state index is -3.79. The predicted octanol–water partition coefficient (Wildman–Crippen LogP) is 3.90. The maximum Gasteiger partial charge on any atom is 0.261 e. The molecule has 168 valence electrons. The number of benzene rings is 3.